The van der Waals surface area contributed by atoms with E-state index in [0.717, 1.165) is 41.9 Å². The molecule has 2 aromatic heterocycles. The van der Waals surface area contributed by atoms with Crippen LogP contribution in [0.25, 0.3) is 5.95 Å². The van der Waals surface area contributed by atoms with Crippen molar-refractivity contribution in [3.63, 3.8) is 0 Å². The van der Waals surface area contributed by atoms with Gasteiger partial charge in [-0.25, -0.2) is 9.97 Å². The average molecular weight is 300 g/mol. The van der Waals surface area contributed by atoms with Gasteiger partial charge in [0.05, 0.1) is 11.6 Å². The molecule has 6 heteroatoms. The van der Waals surface area contributed by atoms with E-state index in [1.807, 2.05) is 33.8 Å². The highest BCUT2D eigenvalue weighted by molar-refractivity contribution is 5.77. The number of rotatable bonds is 4. The molecular formula is C16H20N4O2. The molecule has 0 atom stereocenters. The summed E-state index contributed by atoms with van der Waals surface area (Å²) in [6.45, 7) is 7.74. The van der Waals surface area contributed by atoms with E-state index in [1.165, 1.54) is 0 Å². The zero-order valence-corrected chi connectivity index (χ0v) is 13.4. The molecule has 1 aliphatic carbocycles. The number of hydrogen-bond acceptors (Lipinski definition) is 5. The smallest absolute Gasteiger partial charge is 0.315 e. The average Bonchev–Trinajstić information content (AvgIpc) is 3.24. The molecule has 0 unspecified atom stereocenters. The van der Waals surface area contributed by atoms with Gasteiger partial charge in [-0.05, 0) is 46.1 Å². The van der Waals surface area contributed by atoms with E-state index in [1.54, 1.807) is 4.68 Å². The molecule has 1 aliphatic rings. The molecule has 0 N–H and O–H groups in total. The molecule has 1 fully saturated rings. The number of esters is 1. The zero-order valence-electron chi connectivity index (χ0n) is 13.4. The predicted molar refractivity (Wildman–Crippen MR) is 81.1 cm³/mol. The van der Waals surface area contributed by atoms with Crippen molar-refractivity contribution >= 4 is 5.97 Å². The lowest BCUT2D eigenvalue weighted by atomic mass is 10.2. The van der Waals surface area contributed by atoms with E-state index >= 15 is 0 Å². The van der Waals surface area contributed by atoms with Gasteiger partial charge in [-0.1, -0.05) is 6.92 Å². The van der Waals surface area contributed by atoms with Gasteiger partial charge in [0.1, 0.15) is 0 Å². The first-order chi connectivity index (χ1) is 10.5. The van der Waals surface area contributed by atoms with Crippen LogP contribution in [0.3, 0.4) is 0 Å². The van der Waals surface area contributed by atoms with Crippen LogP contribution >= 0.6 is 0 Å². The van der Waals surface area contributed by atoms with Crippen molar-refractivity contribution in [3.05, 3.63) is 28.7 Å². The van der Waals surface area contributed by atoms with Crippen molar-refractivity contribution in [1.29, 1.82) is 0 Å². The van der Waals surface area contributed by atoms with Gasteiger partial charge in [0.25, 0.3) is 5.95 Å². The first-order valence-electron chi connectivity index (χ1n) is 7.62. The second kappa shape index (κ2) is 5.51. The fourth-order valence-corrected chi connectivity index (χ4v) is 2.49. The van der Waals surface area contributed by atoms with Gasteiger partial charge in [0.15, 0.2) is 0 Å². The largest absolute Gasteiger partial charge is 0.407 e. The lowest BCUT2D eigenvalue weighted by Crippen LogP contribution is -2.15. The van der Waals surface area contributed by atoms with Crippen molar-refractivity contribution in [2.45, 2.75) is 47.0 Å². The molecule has 22 heavy (non-hydrogen) atoms. The highest BCUT2D eigenvalue weighted by Crippen LogP contribution is 2.33. The van der Waals surface area contributed by atoms with Gasteiger partial charge >= 0.3 is 5.97 Å². The van der Waals surface area contributed by atoms with Gasteiger partial charge in [0.2, 0.25) is 5.88 Å². The fourth-order valence-electron chi connectivity index (χ4n) is 2.49. The summed E-state index contributed by atoms with van der Waals surface area (Å²) >= 11 is 0. The normalized spacial score (nSPS) is 14.2. The van der Waals surface area contributed by atoms with E-state index in [2.05, 4.69) is 15.1 Å². The number of nitrogens with zero attached hydrogens (tertiary/aromatic N) is 4. The van der Waals surface area contributed by atoms with Crippen LogP contribution in [-0.2, 0) is 11.2 Å². The molecule has 2 heterocycles. The van der Waals surface area contributed by atoms with Crippen molar-refractivity contribution < 1.29 is 9.53 Å². The molecular weight excluding hydrogens is 280 g/mol. The summed E-state index contributed by atoms with van der Waals surface area (Å²) in [7, 11) is 0. The Balaban J connectivity index is 2.07. The Labute approximate surface area is 129 Å². The Morgan fingerprint density at radius 3 is 2.45 bits per heavy atom. The summed E-state index contributed by atoms with van der Waals surface area (Å²) in [5.74, 6) is 0.759. The molecule has 0 saturated heterocycles. The minimum atomic E-state index is -0.180. The van der Waals surface area contributed by atoms with Gasteiger partial charge in [0, 0.05) is 17.0 Å². The summed E-state index contributed by atoms with van der Waals surface area (Å²) < 4.78 is 7.18. The third kappa shape index (κ3) is 2.73. The number of hydrogen-bond donors (Lipinski definition) is 0. The fraction of sp³-hybridized carbons (Fsp3) is 0.500. The Bertz CT molecular complexity index is 712. The van der Waals surface area contributed by atoms with Crippen LogP contribution in [-0.4, -0.2) is 25.7 Å². The van der Waals surface area contributed by atoms with Crippen molar-refractivity contribution in [2.75, 3.05) is 0 Å². The second-order valence-corrected chi connectivity index (χ2v) is 5.78. The monoisotopic (exact) mass is 300 g/mol. The maximum absolute atomic E-state index is 12.1. The molecule has 3 rings (SSSR count). The van der Waals surface area contributed by atoms with E-state index in [-0.39, 0.29) is 11.9 Å². The molecule has 2 aromatic rings. The molecule has 0 spiro atoms. The molecule has 6 nitrogen and oxygen atoms in total. The highest BCUT2D eigenvalue weighted by Gasteiger charge is 2.33. The summed E-state index contributed by atoms with van der Waals surface area (Å²) in [6, 6.07) is 1.90. The summed E-state index contributed by atoms with van der Waals surface area (Å²) in [5.41, 5.74) is 3.47. The number of ether oxygens (including phenoxy) is 1. The topological polar surface area (TPSA) is 69.9 Å². The molecule has 0 radical (unpaired) electrons. The minimum Gasteiger partial charge on any atom is -0.407 e. The van der Waals surface area contributed by atoms with E-state index < -0.39 is 0 Å². The zero-order chi connectivity index (χ0) is 15.9. The lowest BCUT2D eigenvalue weighted by Gasteiger charge is -2.09. The first-order valence-corrected chi connectivity index (χ1v) is 7.62. The molecule has 116 valence electrons. The maximum atomic E-state index is 12.1. The van der Waals surface area contributed by atoms with E-state index in [0.29, 0.717) is 11.8 Å². The second-order valence-electron chi connectivity index (χ2n) is 5.78. The van der Waals surface area contributed by atoms with Crippen LogP contribution in [0.15, 0.2) is 6.07 Å². The third-order valence-electron chi connectivity index (χ3n) is 3.76. The van der Waals surface area contributed by atoms with E-state index in [4.69, 9.17) is 4.74 Å². The van der Waals surface area contributed by atoms with Gasteiger partial charge in [-0.2, -0.15) is 9.78 Å². The highest BCUT2D eigenvalue weighted by atomic mass is 16.5. The Kier molecular flexibility index (Phi) is 3.68. The molecule has 1 saturated carbocycles. The van der Waals surface area contributed by atoms with Crippen LogP contribution in [0.5, 0.6) is 5.88 Å². The summed E-state index contributed by atoms with van der Waals surface area (Å²) in [4.78, 5) is 20.9. The van der Waals surface area contributed by atoms with Gasteiger partial charge < -0.3 is 4.74 Å². The van der Waals surface area contributed by atoms with Gasteiger partial charge in [-0.3, -0.25) is 4.79 Å². The van der Waals surface area contributed by atoms with Crippen molar-refractivity contribution in [1.82, 2.24) is 19.7 Å². The van der Waals surface area contributed by atoms with Crippen LogP contribution in [0.2, 0.25) is 0 Å². The van der Waals surface area contributed by atoms with Crippen molar-refractivity contribution in [2.24, 2.45) is 5.92 Å². The molecule has 0 bridgehead atoms. The Morgan fingerprint density at radius 2 is 1.91 bits per heavy atom. The van der Waals surface area contributed by atoms with Gasteiger partial charge in [-0.15, -0.1) is 0 Å². The van der Waals surface area contributed by atoms with Crippen LogP contribution in [0.4, 0.5) is 0 Å². The van der Waals surface area contributed by atoms with Crippen LogP contribution in [0, 0.1) is 26.7 Å². The van der Waals surface area contributed by atoms with Crippen LogP contribution < -0.4 is 4.74 Å². The number of aryl methyl sites for hydroxylation is 3. The SMILES string of the molecule is CCc1c(C)nn(-c2nc(C)cc(C)n2)c1OC(=O)C1CC1. The first kappa shape index (κ1) is 14.7. The lowest BCUT2D eigenvalue weighted by molar-refractivity contribution is -0.136. The molecule has 0 aliphatic heterocycles. The Hall–Kier alpha value is -2.24. The number of carbonyl (C=O) groups excluding carboxylic acids is 1. The number of carbonyl (C=O) groups is 1. The third-order valence-corrected chi connectivity index (χ3v) is 3.76. The Morgan fingerprint density at radius 1 is 1.27 bits per heavy atom. The predicted octanol–water partition coefficient (Wildman–Crippen LogP) is 2.47. The molecule has 0 amide bonds. The van der Waals surface area contributed by atoms with Crippen LogP contribution in [0.1, 0.15) is 42.4 Å². The standard InChI is InChI=1S/C16H20N4O2/c1-5-13-11(4)19-20(14(13)22-15(21)12-6-7-12)16-17-9(2)8-10(3)18-16/h8,12H,5-7H2,1-4H3. The molecule has 0 aromatic carbocycles. The maximum Gasteiger partial charge on any atom is 0.315 e. The van der Waals surface area contributed by atoms with Crippen molar-refractivity contribution in [3.8, 4) is 11.8 Å². The quantitative estimate of drug-likeness (QED) is 0.811. The minimum absolute atomic E-state index is 0.0357. The summed E-state index contributed by atoms with van der Waals surface area (Å²) in [5, 5.41) is 4.48. The summed E-state index contributed by atoms with van der Waals surface area (Å²) in [6.07, 6.45) is 2.56. The van der Waals surface area contributed by atoms with E-state index in [9.17, 15) is 4.79 Å². The number of aromatic nitrogens is 4.